The van der Waals surface area contributed by atoms with E-state index in [1.807, 2.05) is 12.4 Å². The third-order valence-electron chi connectivity index (χ3n) is 4.54. The summed E-state index contributed by atoms with van der Waals surface area (Å²) in [6, 6.07) is 1.62. The van der Waals surface area contributed by atoms with E-state index >= 15 is 0 Å². The molecule has 1 aliphatic heterocycles. The Kier molecular flexibility index (Phi) is 3.32. The topological polar surface area (TPSA) is 44.3 Å². The lowest BCUT2D eigenvalue weighted by Crippen LogP contribution is -2.47. The number of piperazine rings is 1. The number of hydrogen-bond acceptors (Lipinski definition) is 5. The molecule has 5 nitrogen and oxygen atoms in total. The maximum atomic E-state index is 4.59. The van der Waals surface area contributed by atoms with Crippen LogP contribution < -0.4 is 10.2 Å². The fourth-order valence-corrected chi connectivity index (χ4v) is 2.89. The molecule has 0 unspecified atom stereocenters. The van der Waals surface area contributed by atoms with Crippen molar-refractivity contribution in [2.24, 2.45) is 0 Å². The summed E-state index contributed by atoms with van der Waals surface area (Å²) in [4.78, 5) is 14.1. The predicted octanol–water partition coefficient (Wildman–Crippen LogP) is 1.01. The molecule has 0 spiro atoms. The molecule has 1 saturated heterocycles. The minimum Gasteiger partial charge on any atom is -0.353 e. The minimum atomic E-state index is 0.729. The molecule has 4 rings (SSSR count). The van der Waals surface area contributed by atoms with Crippen LogP contribution in [0, 0.1) is 0 Å². The summed E-state index contributed by atoms with van der Waals surface area (Å²) in [7, 11) is 0. The molecule has 2 saturated carbocycles. The second-order valence-corrected chi connectivity index (χ2v) is 6.28. The number of nitrogens with zero attached hydrogens (tertiary/aromatic N) is 4. The minimum absolute atomic E-state index is 0.729. The van der Waals surface area contributed by atoms with E-state index in [1.54, 1.807) is 0 Å². The van der Waals surface area contributed by atoms with Gasteiger partial charge in [-0.25, -0.2) is 4.98 Å². The third kappa shape index (κ3) is 2.94. The molecular formula is C15H23N5. The number of hydrogen-bond donors (Lipinski definition) is 1. The van der Waals surface area contributed by atoms with E-state index in [0.29, 0.717) is 0 Å². The summed E-state index contributed by atoms with van der Waals surface area (Å²) in [5, 5.41) is 3.47. The van der Waals surface area contributed by atoms with Crippen LogP contribution in [0.3, 0.4) is 0 Å². The van der Waals surface area contributed by atoms with Crippen molar-refractivity contribution in [1.29, 1.82) is 0 Å². The second kappa shape index (κ2) is 5.30. The van der Waals surface area contributed by atoms with Crippen molar-refractivity contribution in [2.45, 2.75) is 44.3 Å². The first kappa shape index (κ1) is 12.5. The van der Waals surface area contributed by atoms with Crippen LogP contribution in [0.4, 0.5) is 5.82 Å². The zero-order valence-corrected chi connectivity index (χ0v) is 12.0. The van der Waals surface area contributed by atoms with Gasteiger partial charge in [-0.3, -0.25) is 9.88 Å². The van der Waals surface area contributed by atoms with Crippen LogP contribution in [0.25, 0.3) is 0 Å². The maximum absolute atomic E-state index is 4.59. The van der Waals surface area contributed by atoms with Gasteiger partial charge in [-0.15, -0.1) is 0 Å². The smallest absolute Gasteiger partial charge is 0.147 e. The van der Waals surface area contributed by atoms with Gasteiger partial charge in [-0.05, 0) is 25.7 Å². The van der Waals surface area contributed by atoms with E-state index in [4.69, 9.17) is 0 Å². The number of anilines is 1. The summed E-state index contributed by atoms with van der Waals surface area (Å²) >= 11 is 0. The molecule has 0 atom stereocenters. The average molecular weight is 273 g/mol. The highest BCUT2D eigenvalue weighted by atomic mass is 15.3. The fourth-order valence-electron chi connectivity index (χ4n) is 2.89. The Bertz CT molecular complexity index is 444. The Balaban J connectivity index is 1.31. The summed E-state index contributed by atoms with van der Waals surface area (Å²) in [6.45, 7) is 5.39. The van der Waals surface area contributed by atoms with Crippen LogP contribution >= 0.6 is 0 Å². The van der Waals surface area contributed by atoms with Gasteiger partial charge in [0, 0.05) is 44.8 Å². The van der Waals surface area contributed by atoms with Gasteiger partial charge in [0.2, 0.25) is 0 Å². The van der Waals surface area contributed by atoms with Gasteiger partial charge < -0.3 is 10.2 Å². The molecule has 2 aliphatic carbocycles. The molecule has 0 aromatic carbocycles. The van der Waals surface area contributed by atoms with Crippen LogP contribution in [0.2, 0.25) is 0 Å². The van der Waals surface area contributed by atoms with Crippen molar-refractivity contribution in [3.05, 3.63) is 18.1 Å². The summed E-state index contributed by atoms with van der Waals surface area (Å²) < 4.78 is 0. The molecule has 1 N–H and O–H groups in total. The highest BCUT2D eigenvalue weighted by Crippen LogP contribution is 2.28. The van der Waals surface area contributed by atoms with E-state index in [0.717, 1.165) is 43.2 Å². The predicted molar refractivity (Wildman–Crippen MR) is 78.7 cm³/mol. The molecular weight excluding hydrogens is 250 g/mol. The van der Waals surface area contributed by atoms with E-state index in [-0.39, 0.29) is 0 Å². The standard InChI is InChI=1S/C15H23N5/c1-2-12(1)16-9-13-10-18-15(11-17-13)20-7-5-19(6-8-20)14-3-4-14/h10-12,14,16H,1-9H2. The van der Waals surface area contributed by atoms with Crippen molar-refractivity contribution in [3.63, 3.8) is 0 Å². The molecule has 0 radical (unpaired) electrons. The Labute approximate surface area is 120 Å². The first-order valence-corrected chi connectivity index (χ1v) is 7.92. The Hall–Kier alpha value is -1.20. The lowest BCUT2D eigenvalue weighted by atomic mass is 10.3. The molecule has 2 heterocycles. The zero-order valence-electron chi connectivity index (χ0n) is 12.0. The molecule has 5 heteroatoms. The van der Waals surface area contributed by atoms with Crippen molar-refractivity contribution in [1.82, 2.24) is 20.2 Å². The first-order valence-electron chi connectivity index (χ1n) is 7.92. The Morgan fingerprint density at radius 3 is 2.40 bits per heavy atom. The zero-order chi connectivity index (χ0) is 13.4. The molecule has 3 fully saturated rings. The maximum Gasteiger partial charge on any atom is 0.147 e. The number of aromatic nitrogens is 2. The van der Waals surface area contributed by atoms with Crippen molar-refractivity contribution < 1.29 is 0 Å². The van der Waals surface area contributed by atoms with Crippen LogP contribution in [0.1, 0.15) is 31.4 Å². The van der Waals surface area contributed by atoms with Gasteiger partial charge in [-0.1, -0.05) is 0 Å². The molecule has 20 heavy (non-hydrogen) atoms. The second-order valence-electron chi connectivity index (χ2n) is 6.28. The lowest BCUT2D eigenvalue weighted by Gasteiger charge is -2.35. The normalized spacial score (nSPS) is 24.1. The quantitative estimate of drug-likeness (QED) is 0.867. The van der Waals surface area contributed by atoms with E-state index in [2.05, 4.69) is 25.1 Å². The van der Waals surface area contributed by atoms with Gasteiger partial charge >= 0.3 is 0 Å². The molecule has 3 aliphatic rings. The van der Waals surface area contributed by atoms with Gasteiger partial charge in [0.15, 0.2) is 0 Å². The highest BCUT2D eigenvalue weighted by Gasteiger charge is 2.31. The van der Waals surface area contributed by atoms with Gasteiger partial charge in [0.25, 0.3) is 0 Å². The van der Waals surface area contributed by atoms with Gasteiger partial charge in [-0.2, -0.15) is 0 Å². The third-order valence-corrected chi connectivity index (χ3v) is 4.54. The van der Waals surface area contributed by atoms with E-state index in [1.165, 1.54) is 38.8 Å². The lowest BCUT2D eigenvalue weighted by molar-refractivity contribution is 0.247. The highest BCUT2D eigenvalue weighted by molar-refractivity contribution is 5.36. The Morgan fingerprint density at radius 2 is 1.80 bits per heavy atom. The Morgan fingerprint density at radius 1 is 1.00 bits per heavy atom. The SMILES string of the molecule is c1nc(N2CCN(C3CC3)CC2)cnc1CNC1CC1. The summed E-state index contributed by atoms with van der Waals surface area (Å²) in [5.74, 6) is 1.04. The molecule has 0 amide bonds. The van der Waals surface area contributed by atoms with E-state index in [9.17, 15) is 0 Å². The summed E-state index contributed by atoms with van der Waals surface area (Å²) in [6.07, 6.45) is 9.31. The van der Waals surface area contributed by atoms with Crippen molar-refractivity contribution in [3.8, 4) is 0 Å². The van der Waals surface area contributed by atoms with E-state index < -0.39 is 0 Å². The van der Waals surface area contributed by atoms with Crippen molar-refractivity contribution >= 4 is 5.82 Å². The van der Waals surface area contributed by atoms with Crippen LogP contribution in [-0.2, 0) is 6.54 Å². The molecule has 1 aromatic heterocycles. The van der Waals surface area contributed by atoms with Crippen LogP contribution in [0.5, 0.6) is 0 Å². The fraction of sp³-hybridized carbons (Fsp3) is 0.733. The van der Waals surface area contributed by atoms with Crippen molar-refractivity contribution in [2.75, 3.05) is 31.1 Å². The van der Waals surface area contributed by atoms with Crippen LogP contribution in [0.15, 0.2) is 12.4 Å². The number of nitrogens with one attached hydrogen (secondary N) is 1. The largest absolute Gasteiger partial charge is 0.353 e. The average Bonchev–Trinajstić information content (AvgIpc) is 3.40. The molecule has 108 valence electrons. The molecule has 0 bridgehead atoms. The molecule has 1 aromatic rings. The monoisotopic (exact) mass is 273 g/mol. The van der Waals surface area contributed by atoms with Crippen LogP contribution in [-0.4, -0.2) is 53.1 Å². The number of rotatable bonds is 5. The van der Waals surface area contributed by atoms with Gasteiger partial charge in [0.05, 0.1) is 18.1 Å². The van der Waals surface area contributed by atoms with Gasteiger partial charge in [0.1, 0.15) is 5.82 Å². The first-order chi connectivity index (χ1) is 9.88. The summed E-state index contributed by atoms with van der Waals surface area (Å²) in [5.41, 5.74) is 1.05.